The number of Topliss-reactive ketones (excluding diaryl/α,β-unsaturated/α-hetero) is 1. The van der Waals surface area contributed by atoms with Gasteiger partial charge in [-0.2, -0.15) is 0 Å². The van der Waals surface area contributed by atoms with Crippen molar-refractivity contribution in [3.05, 3.63) is 52.0 Å². The number of carbonyl (C=O) groups excluding carboxylic acids is 3. The van der Waals surface area contributed by atoms with Gasteiger partial charge < -0.3 is 15.8 Å². The summed E-state index contributed by atoms with van der Waals surface area (Å²) in [4.78, 5) is 40.9. The van der Waals surface area contributed by atoms with E-state index >= 15 is 0 Å². The van der Waals surface area contributed by atoms with Crippen LogP contribution in [0.5, 0.6) is 0 Å². The number of ether oxygens (including phenoxy) is 1. The minimum Gasteiger partial charge on any atom is -0.468 e. The molecule has 150 valence electrons. The van der Waals surface area contributed by atoms with Crippen molar-refractivity contribution >= 4 is 29.0 Å². The van der Waals surface area contributed by atoms with E-state index in [1.807, 2.05) is 0 Å². The molecular formula is C18H19F2N3O4S. The van der Waals surface area contributed by atoms with Crippen LogP contribution < -0.4 is 11.1 Å². The predicted octanol–water partition coefficient (Wildman–Crippen LogP) is 1.32. The quantitative estimate of drug-likeness (QED) is 0.634. The average molecular weight is 411 g/mol. The first-order valence-corrected chi connectivity index (χ1v) is 9.16. The number of halogens is 2. The Labute approximate surface area is 163 Å². The summed E-state index contributed by atoms with van der Waals surface area (Å²) in [5, 5.41) is 4.03. The summed E-state index contributed by atoms with van der Waals surface area (Å²) in [6.07, 6.45) is -0.323. The van der Waals surface area contributed by atoms with Crippen LogP contribution in [-0.2, 0) is 25.5 Å². The number of nitrogens with two attached hydrogens (primary N) is 1. The largest absolute Gasteiger partial charge is 0.468 e. The molecule has 3 atom stereocenters. The highest BCUT2D eigenvalue weighted by atomic mass is 32.1. The van der Waals surface area contributed by atoms with Crippen LogP contribution in [0, 0.1) is 11.6 Å². The number of rotatable bonds is 8. The molecule has 3 N–H and O–H groups in total. The zero-order valence-corrected chi connectivity index (χ0v) is 16.0. The number of aromatic nitrogens is 1. The van der Waals surface area contributed by atoms with E-state index in [4.69, 9.17) is 5.73 Å². The van der Waals surface area contributed by atoms with E-state index in [2.05, 4.69) is 15.0 Å². The monoisotopic (exact) mass is 411 g/mol. The lowest BCUT2D eigenvalue weighted by atomic mass is 9.89. The Hall–Kier alpha value is -2.72. The van der Waals surface area contributed by atoms with Crippen LogP contribution in [0.25, 0.3) is 0 Å². The number of amides is 1. The first-order chi connectivity index (χ1) is 13.2. The molecule has 0 fully saturated rings. The number of hydrogen-bond donors (Lipinski definition) is 2. The van der Waals surface area contributed by atoms with Gasteiger partial charge in [0.05, 0.1) is 36.7 Å². The number of nitrogens with one attached hydrogen (secondary N) is 1. The van der Waals surface area contributed by atoms with Crippen molar-refractivity contribution in [1.82, 2.24) is 10.3 Å². The van der Waals surface area contributed by atoms with Gasteiger partial charge in [0.25, 0.3) is 0 Å². The highest BCUT2D eigenvalue weighted by Gasteiger charge is 2.37. The van der Waals surface area contributed by atoms with Crippen molar-refractivity contribution in [2.75, 3.05) is 7.11 Å². The van der Waals surface area contributed by atoms with Crippen molar-refractivity contribution in [1.29, 1.82) is 0 Å². The lowest BCUT2D eigenvalue weighted by molar-refractivity contribution is -0.144. The fourth-order valence-electron chi connectivity index (χ4n) is 2.69. The number of thiazole rings is 1. The Kier molecular flexibility index (Phi) is 7.30. The SMILES string of the molecule is COC(=O)C(N)C(C(=O)[C@H](C)NC(=O)Cc1cc(F)cc(F)c1)c1cscn1. The van der Waals surface area contributed by atoms with Gasteiger partial charge in [0.2, 0.25) is 5.91 Å². The van der Waals surface area contributed by atoms with Crippen LogP contribution in [0.3, 0.4) is 0 Å². The van der Waals surface area contributed by atoms with Gasteiger partial charge in [-0.05, 0) is 24.6 Å². The Morgan fingerprint density at radius 2 is 1.89 bits per heavy atom. The van der Waals surface area contributed by atoms with E-state index in [9.17, 15) is 23.2 Å². The van der Waals surface area contributed by atoms with Gasteiger partial charge >= 0.3 is 5.97 Å². The Morgan fingerprint density at radius 3 is 2.43 bits per heavy atom. The maximum atomic E-state index is 13.2. The molecule has 0 saturated heterocycles. The van der Waals surface area contributed by atoms with Gasteiger partial charge in [-0.1, -0.05) is 0 Å². The third-order valence-electron chi connectivity index (χ3n) is 4.00. The maximum absolute atomic E-state index is 13.2. The summed E-state index contributed by atoms with van der Waals surface area (Å²) in [5.41, 5.74) is 7.77. The van der Waals surface area contributed by atoms with Crippen LogP contribution in [0.2, 0.25) is 0 Å². The first-order valence-electron chi connectivity index (χ1n) is 8.22. The number of carbonyl (C=O) groups is 3. The molecular weight excluding hydrogens is 392 g/mol. The van der Waals surface area contributed by atoms with Crippen molar-refractivity contribution in [3.8, 4) is 0 Å². The second-order valence-electron chi connectivity index (χ2n) is 6.09. The molecule has 0 bridgehead atoms. The number of ketones is 1. The third kappa shape index (κ3) is 5.40. The summed E-state index contributed by atoms with van der Waals surface area (Å²) >= 11 is 1.22. The Balaban J connectivity index is 2.11. The predicted molar refractivity (Wildman–Crippen MR) is 97.5 cm³/mol. The number of benzene rings is 1. The summed E-state index contributed by atoms with van der Waals surface area (Å²) in [7, 11) is 1.15. The number of nitrogens with zero attached hydrogens (tertiary/aromatic N) is 1. The normalized spacial score (nSPS) is 14.0. The van der Waals surface area contributed by atoms with Crippen LogP contribution >= 0.6 is 11.3 Å². The van der Waals surface area contributed by atoms with E-state index in [1.165, 1.54) is 23.8 Å². The molecule has 0 saturated carbocycles. The average Bonchev–Trinajstić information content (AvgIpc) is 3.13. The number of hydrogen-bond acceptors (Lipinski definition) is 7. The maximum Gasteiger partial charge on any atom is 0.323 e. The Morgan fingerprint density at radius 1 is 1.25 bits per heavy atom. The van der Waals surface area contributed by atoms with Crippen molar-refractivity contribution in [3.63, 3.8) is 0 Å². The first kappa shape index (κ1) is 21.6. The molecule has 0 spiro atoms. The molecule has 0 aliphatic heterocycles. The summed E-state index contributed by atoms with van der Waals surface area (Å²) in [6.45, 7) is 1.43. The van der Waals surface area contributed by atoms with Gasteiger partial charge in [0.15, 0.2) is 5.78 Å². The standard InChI is InChI=1S/C18H19F2N3O4S/c1-9(23-14(24)5-10-3-11(19)6-12(20)4-10)17(25)15(13-7-28-8-22-13)16(21)18(26)27-2/h3-4,6-9,15-16H,5,21H2,1-2H3,(H,23,24)/t9-,15?,16?/m0/s1. The molecule has 7 nitrogen and oxygen atoms in total. The molecule has 2 unspecified atom stereocenters. The summed E-state index contributed by atoms with van der Waals surface area (Å²) in [5.74, 6) is -4.67. The molecule has 2 aromatic rings. The summed E-state index contributed by atoms with van der Waals surface area (Å²) in [6, 6.07) is 0.436. The van der Waals surface area contributed by atoms with Gasteiger partial charge in [0.1, 0.15) is 17.7 Å². The fourth-order valence-corrected chi connectivity index (χ4v) is 3.28. The zero-order chi connectivity index (χ0) is 20.8. The van der Waals surface area contributed by atoms with Crippen molar-refractivity contribution in [2.45, 2.75) is 31.3 Å². The molecule has 1 heterocycles. The van der Waals surface area contributed by atoms with Gasteiger partial charge in [-0.25, -0.2) is 13.8 Å². The minimum absolute atomic E-state index is 0.122. The van der Waals surface area contributed by atoms with Crippen molar-refractivity contribution < 1.29 is 27.9 Å². The van der Waals surface area contributed by atoms with Crippen molar-refractivity contribution in [2.24, 2.45) is 5.73 Å². The van der Waals surface area contributed by atoms with Gasteiger partial charge in [-0.15, -0.1) is 11.3 Å². The molecule has 1 amide bonds. The number of methoxy groups -OCH3 is 1. The zero-order valence-electron chi connectivity index (χ0n) is 15.1. The van der Waals surface area contributed by atoms with Gasteiger partial charge in [0, 0.05) is 11.4 Å². The second kappa shape index (κ2) is 9.47. The summed E-state index contributed by atoms with van der Waals surface area (Å²) < 4.78 is 31.1. The van der Waals surface area contributed by atoms with E-state index in [0.717, 1.165) is 19.2 Å². The van der Waals surface area contributed by atoms with E-state index in [-0.39, 0.29) is 12.0 Å². The lowest BCUT2D eigenvalue weighted by Crippen LogP contribution is -2.48. The molecule has 2 rings (SSSR count). The third-order valence-corrected chi connectivity index (χ3v) is 4.61. The van der Waals surface area contributed by atoms with E-state index in [0.29, 0.717) is 11.8 Å². The van der Waals surface area contributed by atoms with Crippen LogP contribution in [-0.4, -0.2) is 41.8 Å². The van der Waals surface area contributed by atoms with Gasteiger partial charge in [-0.3, -0.25) is 14.4 Å². The van der Waals surface area contributed by atoms with Crippen LogP contribution in [0.4, 0.5) is 8.78 Å². The highest BCUT2D eigenvalue weighted by molar-refractivity contribution is 7.07. The molecule has 0 aliphatic carbocycles. The topological polar surface area (TPSA) is 111 Å². The van der Waals surface area contributed by atoms with E-state index < -0.39 is 47.3 Å². The molecule has 0 aliphatic rings. The van der Waals surface area contributed by atoms with Crippen LogP contribution in [0.15, 0.2) is 29.1 Å². The minimum atomic E-state index is -1.30. The molecule has 1 aromatic carbocycles. The lowest BCUT2D eigenvalue weighted by Gasteiger charge is -2.23. The fraction of sp³-hybridized carbons (Fsp3) is 0.333. The molecule has 28 heavy (non-hydrogen) atoms. The Bertz CT molecular complexity index is 840. The number of esters is 1. The second-order valence-corrected chi connectivity index (χ2v) is 6.80. The molecule has 10 heteroatoms. The highest BCUT2D eigenvalue weighted by Crippen LogP contribution is 2.22. The molecule has 0 radical (unpaired) electrons. The van der Waals surface area contributed by atoms with Crippen LogP contribution in [0.1, 0.15) is 24.1 Å². The molecule has 1 aromatic heterocycles. The van der Waals surface area contributed by atoms with E-state index in [1.54, 1.807) is 5.38 Å². The smallest absolute Gasteiger partial charge is 0.323 e.